The SMILES string of the molecule is C[C@H](C(=O)Nc1cccc(N(C)S(C)(=O)=O)c1)N(c1ccc(F)cc1)S(C)(=O)=O. The average molecular weight is 444 g/mol. The van der Waals surface area contributed by atoms with Crippen LogP contribution in [-0.2, 0) is 24.8 Å². The van der Waals surface area contributed by atoms with Crippen molar-refractivity contribution in [1.82, 2.24) is 0 Å². The van der Waals surface area contributed by atoms with Crippen LogP contribution in [-0.4, -0.2) is 48.3 Å². The Hall–Kier alpha value is -2.66. The number of sulfonamides is 2. The summed E-state index contributed by atoms with van der Waals surface area (Å²) in [6, 6.07) is 9.70. The lowest BCUT2D eigenvalue weighted by atomic mass is 10.2. The first kappa shape index (κ1) is 22.6. The highest BCUT2D eigenvalue weighted by molar-refractivity contribution is 7.92. The summed E-state index contributed by atoms with van der Waals surface area (Å²) in [5.74, 6) is -1.18. The summed E-state index contributed by atoms with van der Waals surface area (Å²) in [4.78, 5) is 12.7. The molecule has 0 unspecified atom stereocenters. The fraction of sp³-hybridized carbons (Fsp3) is 0.278. The topological polar surface area (TPSA) is 104 Å². The highest BCUT2D eigenvalue weighted by Crippen LogP contribution is 2.24. The maximum atomic E-state index is 13.2. The highest BCUT2D eigenvalue weighted by atomic mass is 32.2. The molecule has 2 rings (SSSR count). The summed E-state index contributed by atoms with van der Waals surface area (Å²) < 4.78 is 63.0. The van der Waals surface area contributed by atoms with E-state index in [1.165, 1.54) is 32.2 Å². The van der Waals surface area contributed by atoms with Gasteiger partial charge >= 0.3 is 0 Å². The average Bonchev–Trinajstić information content (AvgIpc) is 2.61. The molecular weight excluding hydrogens is 421 g/mol. The number of hydrogen-bond donors (Lipinski definition) is 1. The number of benzene rings is 2. The fourth-order valence-corrected chi connectivity index (χ4v) is 4.29. The smallest absolute Gasteiger partial charge is 0.247 e. The van der Waals surface area contributed by atoms with Gasteiger partial charge in [-0.25, -0.2) is 21.2 Å². The maximum Gasteiger partial charge on any atom is 0.247 e. The van der Waals surface area contributed by atoms with E-state index >= 15 is 0 Å². The minimum atomic E-state index is -3.85. The number of halogens is 1. The summed E-state index contributed by atoms with van der Waals surface area (Å²) in [6.45, 7) is 1.40. The minimum Gasteiger partial charge on any atom is -0.324 e. The van der Waals surface area contributed by atoms with E-state index in [9.17, 15) is 26.0 Å². The number of carbonyl (C=O) groups excluding carboxylic acids is 1. The molecule has 0 spiro atoms. The van der Waals surface area contributed by atoms with Gasteiger partial charge < -0.3 is 5.32 Å². The number of amides is 1. The second-order valence-corrected chi connectivity index (χ2v) is 10.4. The second-order valence-electron chi connectivity index (χ2n) is 6.48. The van der Waals surface area contributed by atoms with Gasteiger partial charge in [-0.2, -0.15) is 0 Å². The number of nitrogens with zero attached hydrogens (tertiary/aromatic N) is 2. The molecule has 1 N–H and O–H groups in total. The van der Waals surface area contributed by atoms with Gasteiger partial charge in [0.15, 0.2) is 0 Å². The van der Waals surface area contributed by atoms with Crippen molar-refractivity contribution in [3.8, 4) is 0 Å². The van der Waals surface area contributed by atoms with Gasteiger partial charge in [0.1, 0.15) is 11.9 Å². The molecule has 0 aliphatic carbocycles. The van der Waals surface area contributed by atoms with Gasteiger partial charge in [0.25, 0.3) is 0 Å². The third kappa shape index (κ3) is 5.67. The zero-order chi connectivity index (χ0) is 22.0. The Morgan fingerprint density at radius 2 is 1.55 bits per heavy atom. The molecule has 8 nitrogen and oxygen atoms in total. The number of hydrogen-bond acceptors (Lipinski definition) is 5. The molecule has 0 aliphatic heterocycles. The lowest BCUT2D eigenvalue weighted by Crippen LogP contribution is -2.45. The third-order valence-electron chi connectivity index (χ3n) is 4.14. The van der Waals surface area contributed by atoms with E-state index in [1.54, 1.807) is 18.2 Å². The van der Waals surface area contributed by atoms with E-state index in [0.29, 0.717) is 11.4 Å². The first-order valence-corrected chi connectivity index (χ1v) is 12.1. The summed E-state index contributed by atoms with van der Waals surface area (Å²) in [7, 11) is -5.96. The summed E-state index contributed by atoms with van der Waals surface area (Å²) in [6.07, 6.45) is 1.99. The number of rotatable bonds is 7. The molecule has 0 aromatic heterocycles. The molecular formula is C18H22FN3O5S2. The molecule has 29 heavy (non-hydrogen) atoms. The Balaban J connectivity index is 2.30. The first-order valence-electron chi connectivity index (χ1n) is 8.40. The molecule has 0 bridgehead atoms. The second kappa shape index (κ2) is 8.37. The van der Waals surface area contributed by atoms with Crippen LogP contribution >= 0.6 is 0 Å². The van der Waals surface area contributed by atoms with E-state index in [2.05, 4.69) is 5.32 Å². The Kier molecular flexibility index (Phi) is 6.53. The van der Waals surface area contributed by atoms with Gasteiger partial charge in [-0.1, -0.05) is 6.07 Å². The van der Waals surface area contributed by atoms with Crippen LogP contribution < -0.4 is 13.9 Å². The molecule has 0 heterocycles. The van der Waals surface area contributed by atoms with Gasteiger partial charge in [0, 0.05) is 12.7 Å². The summed E-state index contributed by atoms with van der Waals surface area (Å²) in [5.41, 5.74) is 0.765. The predicted molar refractivity (Wildman–Crippen MR) is 112 cm³/mol. The van der Waals surface area contributed by atoms with E-state index < -0.39 is 37.8 Å². The third-order valence-corrected chi connectivity index (χ3v) is 6.59. The molecule has 2 aromatic rings. The van der Waals surface area contributed by atoms with Crippen molar-refractivity contribution in [3.63, 3.8) is 0 Å². The molecule has 2 aromatic carbocycles. The summed E-state index contributed by atoms with van der Waals surface area (Å²) >= 11 is 0. The Morgan fingerprint density at radius 3 is 2.07 bits per heavy atom. The highest BCUT2D eigenvalue weighted by Gasteiger charge is 2.29. The molecule has 1 atom stereocenters. The molecule has 0 saturated heterocycles. The van der Waals surface area contributed by atoms with Gasteiger partial charge in [-0.05, 0) is 49.4 Å². The number of nitrogens with one attached hydrogen (secondary N) is 1. The Bertz CT molecular complexity index is 1100. The van der Waals surface area contributed by atoms with Gasteiger partial charge in [0.05, 0.1) is 23.9 Å². The van der Waals surface area contributed by atoms with Crippen LogP contribution in [0.15, 0.2) is 48.5 Å². The zero-order valence-electron chi connectivity index (χ0n) is 16.3. The van der Waals surface area contributed by atoms with Crippen molar-refractivity contribution in [2.45, 2.75) is 13.0 Å². The van der Waals surface area contributed by atoms with E-state index in [-0.39, 0.29) is 5.69 Å². The van der Waals surface area contributed by atoms with Crippen molar-refractivity contribution in [2.24, 2.45) is 0 Å². The van der Waals surface area contributed by atoms with Gasteiger partial charge in [0.2, 0.25) is 26.0 Å². The quantitative estimate of drug-likeness (QED) is 0.705. The molecule has 1 amide bonds. The molecule has 11 heteroatoms. The fourth-order valence-electron chi connectivity index (χ4n) is 2.61. The minimum absolute atomic E-state index is 0.141. The van der Waals surface area contributed by atoms with Crippen molar-refractivity contribution in [2.75, 3.05) is 33.5 Å². The van der Waals surface area contributed by atoms with Crippen LogP contribution in [0.1, 0.15) is 6.92 Å². The lowest BCUT2D eigenvalue weighted by molar-refractivity contribution is -0.116. The van der Waals surface area contributed by atoms with Crippen LogP contribution in [0.2, 0.25) is 0 Å². The molecule has 0 radical (unpaired) electrons. The monoisotopic (exact) mass is 443 g/mol. The largest absolute Gasteiger partial charge is 0.324 e. The van der Waals surface area contributed by atoms with E-state index in [1.807, 2.05) is 0 Å². The molecule has 0 aliphatic rings. The molecule has 0 fully saturated rings. The van der Waals surface area contributed by atoms with Crippen molar-refractivity contribution in [3.05, 3.63) is 54.3 Å². The standard InChI is InChI=1S/C18H22FN3O5S2/c1-13(22(29(4,26)27)16-10-8-14(19)9-11-16)18(23)20-15-6-5-7-17(12-15)21(2)28(3,24)25/h5-13H,1-4H3,(H,20,23)/t13-/m1/s1. The van der Waals surface area contributed by atoms with Crippen LogP contribution in [0, 0.1) is 5.82 Å². The Labute approximate surface area is 170 Å². The van der Waals surface area contributed by atoms with Crippen LogP contribution in [0.5, 0.6) is 0 Å². The van der Waals surface area contributed by atoms with Crippen molar-refractivity contribution >= 4 is 43.0 Å². The Morgan fingerprint density at radius 1 is 0.966 bits per heavy atom. The van der Waals surface area contributed by atoms with E-state index in [0.717, 1.165) is 33.3 Å². The van der Waals surface area contributed by atoms with Gasteiger partial charge in [-0.3, -0.25) is 13.4 Å². The van der Waals surface area contributed by atoms with Crippen LogP contribution in [0.3, 0.4) is 0 Å². The first-order chi connectivity index (χ1) is 13.3. The zero-order valence-corrected chi connectivity index (χ0v) is 18.0. The summed E-state index contributed by atoms with van der Waals surface area (Å²) in [5, 5.41) is 2.58. The number of carbonyl (C=O) groups is 1. The van der Waals surface area contributed by atoms with Crippen molar-refractivity contribution in [1.29, 1.82) is 0 Å². The van der Waals surface area contributed by atoms with Crippen LogP contribution in [0.4, 0.5) is 21.5 Å². The van der Waals surface area contributed by atoms with Gasteiger partial charge in [-0.15, -0.1) is 0 Å². The molecule has 158 valence electrons. The van der Waals surface area contributed by atoms with Crippen molar-refractivity contribution < 1.29 is 26.0 Å². The number of anilines is 3. The van der Waals surface area contributed by atoms with E-state index in [4.69, 9.17) is 0 Å². The molecule has 0 saturated carbocycles. The maximum absolute atomic E-state index is 13.2. The lowest BCUT2D eigenvalue weighted by Gasteiger charge is -2.28. The predicted octanol–water partition coefficient (Wildman–Crippen LogP) is 2.01. The normalized spacial score (nSPS) is 12.9. The van der Waals surface area contributed by atoms with Crippen LogP contribution in [0.25, 0.3) is 0 Å².